The molecular formula is C20H22N8O2. The van der Waals surface area contributed by atoms with Gasteiger partial charge in [-0.05, 0) is 37.2 Å². The Morgan fingerprint density at radius 3 is 2.70 bits per heavy atom. The number of hydrogen-bond donors (Lipinski definition) is 1. The lowest BCUT2D eigenvalue weighted by molar-refractivity contribution is -0.383. The molecule has 30 heavy (non-hydrogen) atoms. The molecule has 0 amide bonds. The lowest BCUT2D eigenvalue weighted by Gasteiger charge is -2.35. The second-order valence-corrected chi connectivity index (χ2v) is 7.27. The largest absolute Gasteiger partial charge is 0.378 e. The second kappa shape index (κ2) is 8.34. The third-order valence-corrected chi connectivity index (χ3v) is 5.46. The van der Waals surface area contributed by atoms with Gasteiger partial charge in [0.15, 0.2) is 0 Å². The van der Waals surface area contributed by atoms with E-state index >= 15 is 0 Å². The monoisotopic (exact) mass is 406 g/mol. The maximum absolute atomic E-state index is 11.3. The molecule has 0 spiro atoms. The van der Waals surface area contributed by atoms with Gasteiger partial charge < -0.3 is 15.2 Å². The number of aromatic nitrogens is 3. The van der Waals surface area contributed by atoms with Crippen LogP contribution in [-0.4, -0.2) is 57.1 Å². The van der Waals surface area contributed by atoms with Gasteiger partial charge in [-0.2, -0.15) is 5.26 Å². The highest BCUT2D eigenvalue weighted by Gasteiger charge is 2.27. The van der Waals surface area contributed by atoms with Gasteiger partial charge in [0.2, 0.25) is 11.6 Å². The number of nitro groups is 1. The van der Waals surface area contributed by atoms with E-state index in [1.54, 1.807) is 0 Å². The highest BCUT2D eigenvalue weighted by Crippen LogP contribution is 2.30. The van der Waals surface area contributed by atoms with Crippen molar-refractivity contribution in [3.05, 3.63) is 52.5 Å². The zero-order chi connectivity index (χ0) is 21.1. The Morgan fingerprint density at radius 1 is 1.17 bits per heavy atom. The normalized spacial score (nSPS) is 14.7. The Morgan fingerprint density at radius 2 is 1.97 bits per heavy atom. The number of benzene rings is 1. The fourth-order valence-electron chi connectivity index (χ4n) is 3.90. The second-order valence-electron chi connectivity index (χ2n) is 7.27. The summed E-state index contributed by atoms with van der Waals surface area (Å²) in [6.45, 7) is 4.75. The highest BCUT2D eigenvalue weighted by atomic mass is 16.6. The number of anilines is 2. The summed E-state index contributed by atoms with van der Waals surface area (Å²) >= 11 is 0. The van der Waals surface area contributed by atoms with Crippen LogP contribution >= 0.6 is 0 Å². The molecule has 0 radical (unpaired) electrons. The van der Waals surface area contributed by atoms with E-state index in [1.165, 1.54) is 6.33 Å². The quantitative estimate of drug-likeness (QED) is 0.486. The van der Waals surface area contributed by atoms with E-state index < -0.39 is 4.92 Å². The van der Waals surface area contributed by atoms with E-state index in [2.05, 4.69) is 31.7 Å². The molecule has 0 atom stereocenters. The summed E-state index contributed by atoms with van der Waals surface area (Å²) < 4.78 is 2.21. The van der Waals surface area contributed by atoms with Gasteiger partial charge in [0.05, 0.1) is 16.6 Å². The molecule has 0 bridgehead atoms. The fourth-order valence-corrected chi connectivity index (χ4v) is 3.90. The summed E-state index contributed by atoms with van der Waals surface area (Å²) in [5.74, 6) is 0.191. The molecule has 3 aromatic rings. The number of nitriles is 1. The molecule has 0 unspecified atom stereocenters. The van der Waals surface area contributed by atoms with E-state index in [9.17, 15) is 10.1 Å². The van der Waals surface area contributed by atoms with Crippen LogP contribution in [0.3, 0.4) is 0 Å². The Kier molecular flexibility index (Phi) is 5.45. The lowest BCUT2D eigenvalue weighted by Crippen LogP contribution is -2.47. The third-order valence-electron chi connectivity index (χ3n) is 5.46. The Hall–Kier alpha value is -3.71. The first-order valence-corrected chi connectivity index (χ1v) is 9.78. The van der Waals surface area contributed by atoms with Crippen LogP contribution in [-0.2, 0) is 6.54 Å². The van der Waals surface area contributed by atoms with Crippen LogP contribution < -0.4 is 10.6 Å². The standard InChI is InChI=1S/C20H22N8O2/c21-13-15-2-3-17-16(12-15)4-7-26(17)6-1-5-25-8-10-27(11-9-25)20-18(28(29)30)19(22)23-14-24-20/h2-4,7,12,14H,1,5-6,8-11H2,(H2,22,23,24). The van der Waals surface area contributed by atoms with Crippen molar-refractivity contribution in [2.24, 2.45) is 0 Å². The topological polar surface area (TPSA) is 130 Å². The first kappa shape index (κ1) is 19.6. The van der Waals surface area contributed by atoms with Gasteiger partial charge in [-0.1, -0.05) is 0 Å². The minimum Gasteiger partial charge on any atom is -0.378 e. The van der Waals surface area contributed by atoms with Crippen LogP contribution in [0.15, 0.2) is 36.8 Å². The minimum absolute atomic E-state index is 0.103. The summed E-state index contributed by atoms with van der Waals surface area (Å²) in [7, 11) is 0. The molecule has 154 valence electrons. The molecular weight excluding hydrogens is 384 g/mol. The zero-order valence-electron chi connectivity index (χ0n) is 16.4. The molecule has 0 saturated carbocycles. The van der Waals surface area contributed by atoms with Crippen LogP contribution in [0.1, 0.15) is 12.0 Å². The SMILES string of the molecule is N#Cc1ccc2c(ccn2CCCN2CCN(c3ncnc(N)c3[N+](=O)[O-])CC2)c1. The molecule has 1 aliphatic heterocycles. The summed E-state index contributed by atoms with van der Waals surface area (Å²) in [5.41, 5.74) is 7.26. The Balaban J connectivity index is 1.32. The van der Waals surface area contributed by atoms with Crippen molar-refractivity contribution in [2.45, 2.75) is 13.0 Å². The van der Waals surface area contributed by atoms with Crippen molar-refractivity contribution in [3.63, 3.8) is 0 Å². The molecule has 1 fully saturated rings. The smallest absolute Gasteiger partial charge is 0.353 e. The molecule has 1 aromatic carbocycles. The van der Waals surface area contributed by atoms with E-state index in [0.717, 1.165) is 43.5 Å². The number of aryl methyl sites for hydroxylation is 1. The first-order chi connectivity index (χ1) is 14.6. The van der Waals surface area contributed by atoms with Crippen LogP contribution in [0, 0.1) is 21.4 Å². The third kappa shape index (κ3) is 3.88. The van der Waals surface area contributed by atoms with Crippen molar-refractivity contribution in [2.75, 3.05) is 43.4 Å². The summed E-state index contributed by atoms with van der Waals surface area (Å²) in [5, 5.41) is 21.4. The number of fused-ring (bicyclic) bond motifs is 1. The number of rotatable bonds is 6. The Bertz CT molecular complexity index is 1110. The maximum atomic E-state index is 11.3. The van der Waals surface area contributed by atoms with Gasteiger partial charge in [0, 0.05) is 49.8 Å². The van der Waals surface area contributed by atoms with E-state index in [4.69, 9.17) is 11.0 Å². The average Bonchev–Trinajstić information content (AvgIpc) is 3.16. The fraction of sp³-hybridized carbons (Fsp3) is 0.350. The molecule has 4 rings (SSSR count). The van der Waals surface area contributed by atoms with E-state index in [1.807, 2.05) is 29.2 Å². The molecule has 2 N–H and O–H groups in total. The van der Waals surface area contributed by atoms with Crippen LogP contribution in [0.4, 0.5) is 17.3 Å². The molecule has 1 saturated heterocycles. The first-order valence-electron chi connectivity index (χ1n) is 9.78. The van der Waals surface area contributed by atoms with Gasteiger partial charge in [-0.15, -0.1) is 0 Å². The van der Waals surface area contributed by atoms with Gasteiger partial charge >= 0.3 is 5.69 Å². The van der Waals surface area contributed by atoms with E-state index in [-0.39, 0.29) is 11.5 Å². The molecule has 10 nitrogen and oxygen atoms in total. The number of hydrogen-bond acceptors (Lipinski definition) is 8. The average molecular weight is 406 g/mol. The molecule has 1 aliphatic rings. The van der Waals surface area contributed by atoms with E-state index in [0.29, 0.717) is 24.5 Å². The lowest BCUT2D eigenvalue weighted by atomic mass is 10.2. The van der Waals surface area contributed by atoms with Crippen molar-refractivity contribution in [1.29, 1.82) is 5.26 Å². The Labute approximate surface area is 173 Å². The van der Waals surface area contributed by atoms with Crippen LogP contribution in [0.2, 0.25) is 0 Å². The van der Waals surface area contributed by atoms with Crippen molar-refractivity contribution in [1.82, 2.24) is 19.4 Å². The maximum Gasteiger partial charge on any atom is 0.353 e. The van der Waals surface area contributed by atoms with Gasteiger partial charge in [0.1, 0.15) is 6.33 Å². The van der Waals surface area contributed by atoms with Crippen molar-refractivity contribution in [3.8, 4) is 6.07 Å². The van der Waals surface area contributed by atoms with Crippen molar-refractivity contribution < 1.29 is 4.92 Å². The number of nitrogens with zero attached hydrogens (tertiary/aromatic N) is 7. The number of nitrogens with two attached hydrogens (primary N) is 1. The summed E-state index contributed by atoms with van der Waals surface area (Å²) in [6.07, 6.45) is 4.32. The van der Waals surface area contributed by atoms with Gasteiger partial charge in [0.25, 0.3) is 0 Å². The number of piperazine rings is 1. The summed E-state index contributed by atoms with van der Waals surface area (Å²) in [4.78, 5) is 22.9. The summed E-state index contributed by atoms with van der Waals surface area (Å²) in [6, 6.07) is 9.95. The predicted octanol–water partition coefficient (Wildman–Crippen LogP) is 2.01. The molecule has 2 aromatic heterocycles. The zero-order valence-corrected chi connectivity index (χ0v) is 16.4. The predicted molar refractivity (Wildman–Crippen MR) is 113 cm³/mol. The molecule has 10 heteroatoms. The van der Waals surface area contributed by atoms with Crippen LogP contribution in [0.25, 0.3) is 10.9 Å². The highest BCUT2D eigenvalue weighted by molar-refractivity contribution is 5.81. The molecule has 3 heterocycles. The van der Waals surface area contributed by atoms with Crippen molar-refractivity contribution >= 4 is 28.2 Å². The molecule has 0 aliphatic carbocycles. The minimum atomic E-state index is -0.516. The number of nitrogen functional groups attached to an aromatic ring is 1. The van der Waals surface area contributed by atoms with Gasteiger partial charge in [-0.25, -0.2) is 9.97 Å². The van der Waals surface area contributed by atoms with Crippen LogP contribution in [0.5, 0.6) is 0 Å². The van der Waals surface area contributed by atoms with Gasteiger partial charge in [-0.3, -0.25) is 15.0 Å².